The Morgan fingerprint density at radius 3 is 1.14 bits per heavy atom. The monoisotopic (exact) mass is 200 g/mol. The molecule has 1 rings (SSSR count). The first-order chi connectivity index (χ1) is 6.71. The largest absolute Gasteiger partial charge is 0.366 e. The van der Waals surface area contributed by atoms with Crippen molar-refractivity contribution in [2.75, 3.05) is 0 Å². The molecule has 0 saturated heterocycles. The maximum Gasteiger partial charge on any atom is 0.162 e. The van der Waals surface area contributed by atoms with Gasteiger partial charge in [-0.2, -0.15) is 0 Å². The minimum atomic E-state index is -1.38. The Labute approximate surface area is 87.3 Å². The fraction of sp³-hybridized carbons (Fsp3) is 1.00. The predicted octanol–water partition coefficient (Wildman–Crippen LogP) is 2.97. The molecule has 84 valence electrons. The number of hydrogen-bond donors (Lipinski definition) is 2. The molecule has 0 amide bonds. The Bertz CT molecular complexity index is 129. The van der Waals surface area contributed by atoms with Crippen LogP contribution >= 0.6 is 0 Å². The SMILES string of the molecule is OC1(O)CCCCCCCCCCC1. The highest BCUT2D eigenvalue weighted by Gasteiger charge is 2.21. The van der Waals surface area contributed by atoms with Crippen molar-refractivity contribution in [3.05, 3.63) is 0 Å². The Morgan fingerprint density at radius 1 is 0.500 bits per heavy atom. The Kier molecular flexibility index (Phi) is 5.49. The van der Waals surface area contributed by atoms with Crippen LogP contribution in [0.4, 0.5) is 0 Å². The Hall–Kier alpha value is -0.0800. The maximum absolute atomic E-state index is 9.61. The van der Waals surface area contributed by atoms with Gasteiger partial charge in [0.15, 0.2) is 5.79 Å². The van der Waals surface area contributed by atoms with Gasteiger partial charge in [0.05, 0.1) is 0 Å². The fourth-order valence-electron chi connectivity index (χ4n) is 2.18. The zero-order valence-electron chi connectivity index (χ0n) is 9.17. The maximum atomic E-state index is 9.61. The van der Waals surface area contributed by atoms with Gasteiger partial charge >= 0.3 is 0 Å². The summed E-state index contributed by atoms with van der Waals surface area (Å²) in [5.74, 6) is -1.38. The van der Waals surface area contributed by atoms with Crippen molar-refractivity contribution in [1.82, 2.24) is 0 Å². The molecular formula is C12H24O2. The first kappa shape index (κ1) is 12.0. The second-order valence-corrected chi connectivity index (χ2v) is 4.66. The Balaban J connectivity index is 2.24. The highest BCUT2D eigenvalue weighted by Crippen LogP contribution is 2.22. The fourth-order valence-corrected chi connectivity index (χ4v) is 2.18. The van der Waals surface area contributed by atoms with Crippen molar-refractivity contribution < 1.29 is 10.2 Å². The van der Waals surface area contributed by atoms with Gasteiger partial charge in [-0.05, 0) is 12.8 Å². The Morgan fingerprint density at radius 2 is 0.786 bits per heavy atom. The normalized spacial score (nSPS) is 26.1. The average Bonchev–Trinajstić information content (AvgIpc) is 2.11. The summed E-state index contributed by atoms with van der Waals surface area (Å²) in [5.41, 5.74) is 0. The van der Waals surface area contributed by atoms with E-state index in [0.717, 1.165) is 25.7 Å². The van der Waals surface area contributed by atoms with Gasteiger partial charge in [-0.1, -0.05) is 44.9 Å². The molecule has 2 N–H and O–H groups in total. The van der Waals surface area contributed by atoms with Gasteiger partial charge in [-0.3, -0.25) is 0 Å². The van der Waals surface area contributed by atoms with E-state index < -0.39 is 5.79 Å². The first-order valence-electron chi connectivity index (χ1n) is 6.15. The lowest BCUT2D eigenvalue weighted by molar-refractivity contribution is -0.172. The predicted molar refractivity (Wildman–Crippen MR) is 58.0 cm³/mol. The molecule has 14 heavy (non-hydrogen) atoms. The van der Waals surface area contributed by atoms with Crippen molar-refractivity contribution in [2.24, 2.45) is 0 Å². The minimum Gasteiger partial charge on any atom is -0.366 e. The van der Waals surface area contributed by atoms with Crippen molar-refractivity contribution in [2.45, 2.75) is 76.4 Å². The molecule has 0 aliphatic heterocycles. The molecule has 0 aromatic rings. The summed E-state index contributed by atoms with van der Waals surface area (Å²) in [6.45, 7) is 0. The lowest BCUT2D eigenvalue weighted by Gasteiger charge is -2.22. The lowest BCUT2D eigenvalue weighted by atomic mass is 9.97. The van der Waals surface area contributed by atoms with E-state index in [9.17, 15) is 10.2 Å². The molecule has 0 unspecified atom stereocenters. The zero-order chi connectivity index (χ0) is 10.3. The second-order valence-electron chi connectivity index (χ2n) is 4.66. The van der Waals surface area contributed by atoms with Gasteiger partial charge in [0, 0.05) is 12.8 Å². The third kappa shape index (κ3) is 5.61. The number of hydrogen-bond acceptors (Lipinski definition) is 2. The summed E-state index contributed by atoms with van der Waals surface area (Å²) in [5, 5.41) is 19.2. The molecule has 1 saturated carbocycles. The van der Waals surface area contributed by atoms with Crippen LogP contribution in [-0.2, 0) is 0 Å². The second kappa shape index (κ2) is 6.41. The molecule has 0 heterocycles. The van der Waals surface area contributed by atoms with Crippen LogP contribution in [0.25, 0.3) is 0 Å². The third-order valence-corrected chi connectivity index (χ3v) is 3.15. The molecule has 0 atom stereocenters. The van der Waals surface area contributed by atoms with Crippen molar-refractivity contribution in [3.63, 3.8) is 0 Å². The van der Waals surface area contributed by atoms with Crippen LogP contribution in [0.15, 0.2) is 0 Å². The van der Waals surface area contributed by atoms with Gasteiger partial charge in [0.1, 0.15) is 0 Å². The van der Waals surface area contributed by atoms with Crippen LogP contribution in [-0.4, -0.2) is 16.0 Å². The molecule has 0 radical (unpaired) electrons. The van der Waals surface area contributed by atoms with Gasteiger partial charge in [-0.15, -0.1) is 0 Å². The summed E-state index contributed by atoms with van der Waals surface area (Å²) < 4.78 is 0. The molecule has 0 aromatic heterocycles. The third-order valence-electron chi connectivity index (χ3n) is 3.15. The lowest BCUT2D eigenvalue weighted by Crippen LogP contribution is -2.27. The van der Waals surface area contributed by atoms with Crippen LogP contribution in [0.2, 0.25) is 0 Å². The number of aliphatic hydroxyl groups is 2. The van der Waals surface area contributed by atoms with Gasteiger partial charge in [0.25, 0.3) is 0 Å². The van der Waals surface area contributed by atoms with Gasteiger partial charge in [-0.25, -0.2) is 0 Å². The van der Waals surface area contributed by atoms with E-state index in [0.29, 0.717) is 12.8 Å². The average molecular weight is 200 g/mol. The van der Waals surface area contributed by atoms with Gasteiger partial charge < -0.3 is 10.2 Å². The molecule has 0 spiro atoms. The van der Waals surface area contributed by atoms with Crippen LogP contribution in [0.5, 0.6) is 0 Å². The van der Waals surface area contributed by atoms with E-state index in [1.807, 2.05) is 0 Å². The summed E-state index contributed by atoms with van der Waals surface area (Å²) in [4.78, 5) is 0. The van der Waals surface area contributed by atoms with E-state index in [1.54, 1.807) is 0 Å². The quantitative estimate of drug-likeness (QED) is 0.590. The van der Waals surface area contributed by atoms with Gasteiger partial charge in [0.2, 0.25) is 0 Å². The van der Waals surface area contributed by atoms with Crippen LogP contribution in [0.3, 0.4) is 0 Å². The molecule has 1 aliphatic carbocycles. The summed E-state index contributed by atoms with van der Waals surface area (Å²) in [6, 6.07) is 0. The first-order valence-corrected chi connectivity index (χ1v) is 6.15. The van der Waals surface area contributed by atoms with Crippen LogP contribution in [0.1, 0.15) is 70.6 Å². The van der Waals surface area contributed by atoms with Crippen LogP contribution in [0, 0.1) is 0 Å². The molecule has 2 heteroatoms. The van der Waals surface area contributed by atoms with E-state index in [4.69, 9.17) is 0 Å². The van der Waals surface area contributed by atoms with E-state index in [-0.39, 0.29) is 0 Å². The topological polar surface area (TPSA) is 40.5 Å². The highest BCUT2D eigenvalue weighted by atomic mass is 16.5. The van der Waals surface area contributed by atoms with Crippen LogP contribution < -0.4 is 0 Å². The minimum absolute atomic E-state index is 0.562. The molecule has 0 bridgehead atoms. The van der Waals surface area contributed by atoms with Crippen molar-refractivity contribution in [3.8, 4) is 0 Å². The molecule has 1 aliphatic rings. The van der Waals surface area contributed by atoms with Crippen molar-refractivity contribution in [1.29, 1.82) is 0 Å². The highest BCUT2D eigenvalue weighted by molar-refractivity contribution is 4.65. The summed E-state index contributed by atoms with van der Waals surface area (Å²) in [6.07, 6.45) is 11.9. The van der Waals surface area contributed by atoms with E-state index in [2.05, 4.69) is 0 Å². The molecular weight excluding hydrogens is 176 g/mol. The van der Waals surface area contributed by atoms with E-state index in [1.165, 1.54) is 32.1 Å². The van der Waals surface area contributed by atoms with E-state index >= 15 is 0 Å². The van der Waals surface area contributed by atoms with Crippen molar-refractivity contribution >= 4 is 0 Å². The zero-order valence-corrected chi connectivity index (χ0v) is 9.17. The summed E-state index contributed by atoms with van der Waals surface area (Å²) in [7, 11) is 0. The molecule has 2 nitrogen and oxygen atoms in total. The standard InChI is InChI=1S/C12H24O2/c13-12(14)10-8-6-4-2-1-3-5-7-9-11-12/h13-14H,1-11H2. The summed E-state index contributed by atoms with van der Waals surface area (Å²) >= 11 is 0. The smallest absolute Gasteiger partial charge is 0.162 e. The molecule has 0 aromatic carbocycles. The number of rotatable bonds is 0. The molecule has 1 fully saturated rings.